The first-order chi connectivity index (χ1) is 14.4. The molecule has 0 bridgehead atoms. The number of hydrogen-bond acceptors (Lipinski definition) is 3. The van der Waals surface area contributed by atoms with Crippen LogP contribution in [0.15, 0.2) is 53.6 Å². The smallest absolute Gasteiger partial charge is 0.162 e. The van der Waals surface area contributed by atoms with Crippen molar-refractivity contribution in [1.82, 2.24) is 0 Å². The van der Waals surface area contributed by atoms with Gasteiger partial charge >= 0.3 is 0 Å². The van der Waals surface area contributed by atoms with E-state index in [1.165, 1.54) is 11.1 Å². The number of benzene rings is 1. The second-order valence-electron chi connectivity index (χ2n) is 10.6. The standard InChI is InChI=1S/C27H34O3/c1-26-12-10-19(29)14-18(26)8-9-20-22(26)11-13-27(2)23(20)15-21(25(27)24(30)16-28)17-6-4-3-5-7-17/h3-7,11,14,19-21,23,25,28-29H,8-10,12-13,15-16H2,1-2H3/t19?,20?,21-,23?,25+,26-,27-/m0/s1. The van der Waals surface area contributed by atoms with Crippen molar-refractivity contribution >= 4 is 5.78 Å². The Hall–Kier alpha value is -1.71. The quantitative estimate of drug-likeness (QED) is 0.709. The third kappa shape index (κ3) is 2.81. The van der Waals surface area contributed by atoms with Crippen LogP contribution in [-0.2, 0) is 4.79 Å². The summed E-state index contributed by atoms with van der Waals surface area (Å²) in [6.07, 6.45) is 10.2. The number of allylic oxidation sites excluding steroid dienone is 3. The van der Waals surface area contributed by atoms with Crippen molar-refractivity contribution in [2.45, 2.75) is 64.4 Å². The number of fused-ring (bicyclic) bond motifs is 5. The highest BCUT2D eigenvalue weighted by molar-refractivity contribution is 5.84. The molecule has 0 amide bonds. The van der Waals surface area contributed by atoms with Crippen LogP contribution < -0.4 is 0 Å². The molecular formula is C27H34O3. The molecular weight excluding hydrogens is 372 g/mol. The highest BCUT2D eigenvalue weighted by Gasteiger charge is 2.60. The van der Waals surface area contributed by atoms with E-state index in [-0.39, 0.29) is 41.2 Å². The number of hydrogen-bond donors (Lipinski definition) is 2. The van der Waals surface area contributed by atoms with Gasteiger partial charge in [-0.25, -0.2) is 0 Å². The van der Waals surface area contributed by atoms with Crippen molar-refractivity contribution in [1.29, 1.82) is 0 Å². The van der Waals surface area contributed by atoms with E-state index in [0.29, 0.717) is 11.8 Å². The van der Waals surface area contributed by atoms with Crippen molar-refractivity contribution in [3.63, 3.8) is 0 Å². The monoisotopic (exact) mass is 406 g/mol. The van der Waals surface area contributed by atoms with E-state index in [2.05, 4.69) is 50.3 Å². The molecule has 0 aliphatic heterocycles. The highest BCUT2D eigenvalue weighted by Crippen LogP contribution is 2.67. The molecule has 0 aromatic heterocycles. The molecule has 2 N–H and O–H groups in total. The highest BCUT2D eigenvalue weighted by atomic mass is 16.3. The van der Waals surface area contributed by atoms with Crippen molar-refractivity contribution in [3.8, 4) is 0 Å². The summed E-state index contributed by atoms with van der Waals surface area (Å²) < 4.78 is 0. The predicted molar refractivity (Wildman–Crippen MR) is 118 cm³/mol. The SMILES string of the molecule is C[C@]12CCC(O)C=C1CCC1C2=CC[C@@]2(C)C1C[C@@H](c1ccccc1)[C@@H]2C(=O)CO. The summed E-state index contributed by atoms with van der Waals surface area (Å²) >= 11 is 0. The Morgan fingerprint density at radius 3 is 2.63 bits per heavy atom. The van der Waals surface area contributed by atoms with Gasteiger partial charge in [-0.15, -0.1) is 0 Å². The average Bonchev–Trinajstić information content (AvgIpc) is 3.07. The molecule has 5 rings (SSSR count). The van der Waals surface area contributed by atoms with Crippen LogP contribution in [0, 0.1) is 28.6 Å². The minimum Gasteiger partial charge on any atom is -0.389 e. The zero-order valence-corrected chi connectivity index (χ0v) is 18.2. The van der Waals surface area contributed by atoms with E-state index in [0.717, 1.165) is 38.5 Å². The molecule has 0 spiro atoms. The number of carbonyl (C=O) groups is 1. The van der Waals surface area contributed by atoms with Gasteiger partial charge in [0.15, 0.2) is 5.78 Å². The van der Waals surface area contributed by atoms with Crippen molar-refractivity contribution < 1.29 is 15.0 Å². The fourth-order valence-electron chi connectivity index (χ4n) is 7.78. The summed E-state index contributed by atoms with van der Waals surface area (Å²) in [5.74, 6) is 1.04. The lowest BCUT2D eigenvalue weighted by molar-refractivity contribution is -0.130. The van der Waals surface area contributed by atoms with Gasteiger partial charge in [-0.1, -0.05) is 67.5 Å². The fraction of sp³-hybridized carbons (Fsp3) is 0.593. The molecule has 0 radical (unpaired) electrons. The van der Waals surface area contributed by atoms with E-state index in [1.54, 1.807) is 5.57 Å². The Labute approximate surface area is 179 Å². The van der Waals surface area contributed by atoms with Gasteiger partial charge in [0.2, 0.25) is 0 Å². The molecule has 1 aromatic rings. The molecule has 2 fully saturated rings. The zero-order valence-electron chi connectivity index (χ0n) is 18.2. The van der Waals surface area contributed by atoms with E-state index in [1.807, 2.05) is 6.07 Å². The summed E-state index contributed by atoms with van der Waals surface area (Å²) in [5.41, 5.74) is 4.21. The maximum Gasteiger partial charge on any atom is 0.162 e. The van der Waals surface area contributed by atoms with Crippen molar-refractivity contribution in [3.05, 3.63) is 59.2 Å². The lowest BCUT2D eigenvalue weighted by Crippen LogP contribution is -2.46. The van der Waals surface area contributed by atoms with Gasteiger partial charge in [0.25, 0.3) is 0 Å². The number of Topliss-reactive ketones (excluding diaryl/α,β-unsaturated/α-hetero) is 1. The van der Waals surface area contributed by atoms with Gasteiger partial charge < -0.3 is 10.2 Å². The first-order valence-corrected chi connectivity index (χ1v) is 11.7. The molecule has 1 aromatic carbocycles. The van der Waals surface area contributed by atoms with Crippen LogP contribution in [-0.4, -0.2) is 28.7 Å². The molecule has 4 aliphatic rings. The Morgan fingerprint density at radius 1 is 1.13 bits per heavy atom. The number of ketones is 1. The zero-order chi connectivity index (χ0) is 21.1. The lowest BCUT2D eigenvalue weighted by Gasteiger charge is -2.53. The minimum absolute atomic E-state index is 0.00842. The van der Waals surface area contributed by atoms with Crippen LogP contribution in [0.25, 0.3) is 0 Å². The second kappa shape index (κ2) is 7.17. The first-order valence-electron chi connectivity index (χ1n) is 11.7. The molecule has 4 aliphatic carbocycles. The van der Waals surface area contributed by atoms with E-state index in [4.69, 9.17) is 0 Å². The van der Waals surface area contributed by atoms with Gasteiger partial charge in [-0.05, 0) is 67.3 Å². The van der Waals surface area contributed by atoms with Crippen LogP contribution >= 0.6 is 0 Å². The van der Waals surface area contributed by atoms with Gasteiger partial charge in [-0.2, -0.15) is 0 Å². The summed E-state index contributed by atoms with van der Waals surface area (Å²) in [4.78, 5) is 13.0. The van der Waals surface area contributed by atoms with Gasteiger partial charge in [-0.3, -0.25) is 4.79 Å². The van der Waals surface area contributed by atoms with Crippen LogP contribution in [0.1, 0.15) is 63.9 Å². The number of carbonyl (C=O) groups excluding carboxylic acids is 1. The molecule has 0 saturated heterocycles. The van der Waals surface area contributed by atoms with Crippen LogP contribution in [0.3, 0.4) is 0 Å². The Morgan fingerprint density at radius 2 is 1.90 bits per heavy atom. The largest absolute Gasteiger partial charge is 0.389 e. The fourth-order valence-corrected chi connectivity index (χ4v) is 7.78. The van der Waals surface area contributed by atoms with Gasteiger partial charge in [0.1, 0.15) is 6.61 Å². The number of rotatable bonds is 3. The Balaban J connectivity index is 1.56. The second-order valence-corrected chi connectivity index (χ2v) is 10.6. The topological polar surface area (TPSA) is 57.5 Å². The molecule has 0 heterocycles. The summed E-state index contributed by atoms with van der Waals surface area (Å²) in [7, 11) is 0. The Kier molecular flexibility index (Phi) is 4.83. The van der Waals surface area contributed by atoms with Crippen molar-refractivity contribution in [2.24, 2.45) is 28.6 Å². The first kappa shape index (κ1) is 20.2. The van der Waals surface area contributed by atoms with Crippen molar-refractivity contribution in [2.75, 3.05) is 6.61 Å². The molecule has 160 valence electrons. The summed E-state index contributed by atoms with van der Waals surface area (Å²) in [6.45, 7) is 4.33. The van der Waals surface area contributed by atoms with E-state index in [9.17, 15) is 15.0 Å². The van der Waals surface area contributed by atoms with Crippen LogP contribution in [0.5, 0.6) is 0 Å². The van der Waals surface area contributed by atoms with Gasteiger partial charge in [0.05, 0.1) is 6.10 Å². The lowest BCUT2D eigenvalue weighted by atomic mass is 9.51. The van der Waals surface area contributed by atoms with Gasteiger partial charge in [0, 0.05) is 11.3 Å². The molecule has 7 atom stereocenters. The number of aliphatic hydroxyl groups is 2. The Bertz CT molecular complexity index is 900. The maximum absolute atomic E-state index is 13.0. The summed E-state index contributed by atoms with van der Waals surface area (Å²) in [6, 6.07) is 10.5. The average molecular weight is 407 g/mol. The molecule has 30 heavy (non-hydrogen) atoms. The number of aliphatic hydroxyl groups excluding tert-OH is 2. The van der Waals surface area contributed by atoms with E-state index < -0.39 is 0 Å². The van der Waals surface area contributed by atoms with Crippen LogP contribution in [0.2, 0.25) is 0 Å². The third-order valence-electron chi connectivity index (χ3n) is 9.25. The van der Waals surface area contributed by atoms with Crippen LogP contribution in [0.4, 0.5) is 0 Å². The molecule has 3 nitrogen and oxygen atoms in total. The van der Waals surface area contributed by atoms with E-state index >= 15 is 0 Å². The molecule has 2 saturated carbocycles. The molecule has 3 heteroatoms. The predicted octanol–water partition coefficient (Wildman–Crippen LogP) is 4.80. The summed E-state index contributed by atoms with van der Waals surface area (Å²) in [5, 5.41) is 20.0. The minimum atomic E-state index is -0.361. The molecule has 3 unspecified atom stereocenters. The maximum atomic E-state index is 13.0. The normalized spacial score (nSPS) is 42.5. The third-order valence-corrected chi connectivity index (χ3v) is 9.25.